The second-order valence-electron chi connectivity index (χ2n) is 6.12. The van der Waals surface area contributed by atoms with Gasteiger partial charge in [0.2, 0.25) is 0 Å². The van der Waals surface area contributed by atoms with E-state index in [0.717, 1.165) is 16.5 Å². The number of hydrogen-bond donors (Lipinski definition) is 1. The van der Waals surface area contributed by atoms with Gasteiger partial charge in [-0.2, -0.15) is 0 Å². The largest absolute Gasteiger partial charge is 0.478 e. The van der Waals surface area contributed by atoms with Gasteiger partial charge in [-0.1, -0.05) is 44.2 Å². The van der Waals surface area contributed by atoms with Gasteiger partial charge in [-0.3, -0.25) is 0 Å². The Balaban J connectivity index is 2.07. The zero-order chi connectivity index (χ0) is 18.0. The third kappa shape index (κ3) is 3.55. The molecule has 0 spiro atoms. The molecule has 5 heteroatoms. The van der Waals surface area contributed by atoms with Crippen molar-refractivity contribution in [3.8, 4) is 16.9 Å². The fraction of sp³-hybridized carbons (Fsp3) is 0.200. The average Bonchev–Trinajstić information content (AvgIpc) is 2.58. The summed E-state index contributed by atoms with van der Waals surface area (Å²) in [6, 6.07) is 16.0. The molecule has 0 aliphatic heterocycles. The smallest absolute Gasteiger partial charge is 0.345 e. The summed E-state index contributed by atoms with van der Waals surface area (Å²) in [6.07, 6.45) is -0.971. The van der Waals surface area contributed by atoms with Gasteiger partial charge in [-0.15, -0.1) is 0 Å². The van der Waals surface area contributed by atoms with Crippen molar-refractivity contribution in [1.29, 1.82) is 0 Å². The van der Waals surface area contributed by atoms with Gasteiger partial charge >= 0.3 is 11.6 Å². The van der Waals surface area contributed by atoms with E-state index in [2.05, 4.69) is 0 Å². The topological polar surface area (TPSA) is 76.7 Å². The molecule has 0 fully saturated rings. The van der Waals surface area contributed by atoms with Crippen molar-refractivity contribution in [2.45, 2.75) is 20.0 Å². The third-order valence-corrected chi connectivity index (χ3v) is 3.91. The number of aliphatic carboxylic acids is 1. The Morgan fingerprint density at radius 2 is 1.80 bits per heavy atom. The van der Waals surface area contributed by atoms with Crippen LogP contribution < -0.4 is 10.4 Å². The monoisotopic (exact) mass is 338 g/mol. The molecule has 1 heterocycles. The van der Waals surface area contributed by atoms with Crippen LogP contribution in [0.2, 0.25) is 0 Å². The van der Waals surface area contributed by atoms with Crippen LogP contribution in [0.1, 0.15) is 13.8 Å². The van der Waals surface area contributed by atoms with E-state index in [1.807, 2.05) is 30.3 Å². The molecular weight excluding hydrogens is 320 g/mol. The van der Waals surface area contributed by atoms with Crippen LogP contribution in [-0.4, -0.2) is 17.2 Å². The molecule has 128 valence electrons. The highest BCUT2D eigenvalue weighted by molar-refractivity contribution is 5.93. The maximum Gasteiger partial charge on any atom is 0.345 e. The van der Waals surface area contributed by atoms with E-state index in [1.54, 1.807) is 32.0 Å². The van der Waals surface area contributed by atoms with Gasteiger partial charge in [0.05, 0.1) is 0 Å². The molecule has 0 saturated carbocycles. The molecule has 2 aromatic carbocycles. The molecule has 0 radical (unpaired) electrons. The number of fused-ring (bicyclic) bond motifs is 1. The first kappa shape index (κ1) is 16.8. The first-order valence-corrected chi connectivity index (χ1v) is 7.98. The molecule has 1 aromatic heterocycles. The van der Waals surface area contributed by atoms with Crippen molar-refractivity contribution in [3.05, 3.63) is 65.0 Å². The van der Waals surface area contributed by atoms with Crippen LogP contribution in [-0.2, 0) is 4.79 Å². The summed E-state index contributed by atoms with van der Waals surface area (Å²) in [5.41, 5.74) is 1.55. The van der Waals surface area contributed by atoms with E-state index in [-0.39, 0.29) is 5.92 Å². The minimum atomic E-state index is -1.03. The van der Waals surface area contributed by atoms with Gasteiger partial charge in [0.15, 0.2) is 6.10 Å². The van der Waals surface area contributed by atoms with Gasteiger partial charge in [-0.25, -0.2) is 9.59 Å². The Morgan fingerprint density at radius 1 is 1.08 bits per heavy atom. The van der Waals surface area contributed by atoms with Crippen LogP contribution in [0.3, 0.4) is 0 Å². The van der Waals surface area contributed by atoms with E-state index in [4.69, 9.17) is 9.15 Å². The van der Waals surface area contributed by atoms with Crippen molar-refractivity contribution < 1.29 is 19.1 Å². The summed E-state index contributed by atoms with van der Waals surface area (Å²) in [7, 11) is 0. The molecule has 0 bridgehead atoms. The predicted molar refractivity (Wildman–Crippen MR) is 94.8 cm³/mol. The molecule has 0 aliphatic rings. The average molecular weight is 338 g/mol. The van der Waals surface area contributed by atoms with Gasteiger partial charge in [0.25, 0.3) is 0 Å². The molecule has 0 saturated heterocycles. The van der Waals surface area contributed by atoms with Gasteiger partial charge in [0.1, 0.15) is 11.3 Å². The number of rotatable bonds is 5. The fourth-order valence-electron chi connectivity index (χ4n) is 2.69. The molecular formula is C20H18O5. The summed E-state index contributed by atoms with van der Waals surface area (Å²) in [4.78, 5) is 23.2. The molecule has 25 heavy (non-hydrogen) atoms. The molecule has 5 nitrogen and oxygen atoms in total. The minimum absolute atomic E-state index is 0.198. The van der Waals surface area contributed by atoms with E-state index >= 15 is 0 Å². The van der Waals surface area contributed by atoms with Crippen molar-refractivity contribution in [2.24, 2.45) is 5.92 Å². The number of benzene rings is 2. The molecule has 0 aliphatic carbocycles. The lowest BCUT2D eigenvalue weighted by Gasteiger charge is -2.18. The summed E-state index contributed by atoms with van der Waals surface area (Å²) < 4.78 is 10.9. The summed E-state index contributed by atoms with van der Waals surface area (Å²) in [5, 5.41) is 10.0. The maximum atomic E-state index is 11.9. The van der Waals surface area contributed by atoms with Crippen LogP contribution in [0.5, 0.6) is 5.75 Å². The Bertz CT molecular complexity index is 957. The van der Waals surface area contributed by atoms with E-state index < -0.39 is 17.7 Å². The summed E-state index contributed by atoms with van der Waals surface area (Å²) in [6.45, 7) is 3.54. The molecule has 1 unspecified atom stereocenters. The van der Waals surface area contributed by atoms with Crippen LogP contribution >= 0.6 is 0 Å². The number of carbonyl (C=O) groups is 1. The fourth-order valence-corrected chi connectivity index (χ4v) is 2.69. The van der Waals surface area contributed by atoms with Crippen molar-refractivity contribution in [1.82, 2.24) is 0 Å². The predicted octanol–water partition coefficient (Wildman–Crippen LogP) is 3.95. The minimum Gasteiger partial charge on any atom is -0.478 e. The van der Waals surface area contributed by atoms with Crippen molar-refractivity contribution in [3.63, 3.8) is 0 Å². The van der Waals surface area contributed by atoms with E-state index in [0.29, 0.717) is 11.3 Å². The Hall–Kier alpha value is -3.08. The van der Waals surface area contributed by atoms with Crippen LogP contribution in [0.15, 0.2) is 63.8 Å². The lowest BCUT2D eigenvalue weighted by molar-refractivity contribution is -0.147. The van der Waals surface area contributed by atoms with Crippen molar-refractivity contribution >= 4 is 16.9 Å². The molecule has 3 rings (SSSR count). The molecule has 3 aromatic rings. The van der Waals surface area contributed by atoms with Crippen molar-refractivity contribution in [2.75, 3.05) is 0 Å². The highest BCUT2D eigenvalue weighted by Gasteiger charge is 2.23. The summed E-state index contributed by atoms with van der Waals surface area (Å²) in [5.74, 6) is -0.882. The standard InChI is InChI=1S/C20H18O5/c1-12(2)19(20(22)23)24-14-8-9-15-16(13-6-4-3-5-7-13)11-18(21)25-17(15)10-14/h3-12,19H,1-2H3,(H,22,23). The van der Waals surface area contributed by atoms with E-state index in [1.165, 1.54) is 6.07 Å². The second-order valence-corrected chi connectivity index (χ2v) is 6.12. The van der Waals surface area contributed by atoms with Gasteiger partial charge < -0.3 is 14.3 Å². The molecule has 0 amide bonds. The number of ether oxygens (including phenoxy) is 1. The van der Waals surface area contributed by atoms with Crippen LogP contribution in [0, 0.1) is 5.92 Å². The Labute approximate surface area is 144 Å². The Kier molecular flexibility index (Phi) is 4.57. The zero-order valence-electron chi connectivity index (χ0n) is 13.9. The lowest BCUT2D eigenvalue weighted by atomic mass is 10.0. The van der Waals surface area contributed by atoms with Gasteiger partial charge in [-0.05, 0) is 23.3 Å². The first-order chi connectivity index (χ1) is 12.0. The maximum absolute atomic E-state index is 11.9. The lowest BCUT2D eigenvalue weighted by Crippen LogP contribution is -2.32. The van der Waals surface area contributed by atoms with Crippen LogP contribution in [0.4, 0.5) is 0 Å². The SMILES string of the molecule is CC(C)C(Oc1ccc2c(-c3ccccc3)cc(=O)oc2c1)C(=O)O. The van der Waals surface area contributed by atoms with Gasteiger partial charge in [0, 0.05) is 23.4 Å². The molecule has 1 N–H and O–H groups in total. The quantitative estimate of drug-likeness (QED) is 0.713. The zero-order valence-corrected chi connectivity index (χ0v) is 13.9. The second kappa shape index (κ2) is 6.81. The summed E-state index contributed by atoms with van der Waals surface area (Å²) >= 11 is 0. The molecule has 1 atom stereocenters. The third-order valence-electron chi connectivity index (χ3n) is 3.91. The van der Waals surface area contributed by atoms with Crippen LogP contribution in [0.25, 0.3) is 22.1 Å². The highest BCUT2D eigenvalue weighted by Crippen LogP contribution is 2.30. The normalized spacial score (nSPS) is 12.3. The van der Waals surface area contributed by atoms with E-state index in [9.17, 15) is 14.7 Å². The Morgan fingerprint density at radius 3 is 2.44 bits per heavy atom. The number of hydrogen-bond acceptors (Lipinski definition) is 4. The highest BCUT2D eigenvalue weighted by atomic mass is 16.5. The first-order valence-electron chi connectivity index (χ1n) is 7.98. The number of carboxylic acids is 1. The number of carboxylic acid groups (broad SMARTS) is 1.